The highest BCUT2D eigenvalue weighted by Crippen LogP contribution is 1.94. The highest BCUT2D eigenvalue weighted by atomic mass is 16.4. The van der Waals surface area contributed by atoms with E-state index in [9.17, 15) is 14.4 Å². The van der Waals surface area contributed by atoms with Gasteiger partial charge >= 0.3 is 5.97 Å². The third kappa shape index (κ3) is 6.02. The molecule has 1 unspecified atom stereocenters. The van der Waals surface area contributed by atoms with E-state index in [-0.39, 0.29) is 37.2 Å². The Bertz CT molecular complexity index is 514. The lowest BCUT2D eigenvalue weighted by atomic mass is 10.2. The first-order valence-electron chi connectivity index (χ1n) is 6.61. The molecule has 21 heavy (non-hydrogen) atoms. The van der Waals surface area contributed by atoms with Gasteiger partial charge in [-0.15, -0.1) is 5.10 Å². The van der Waals surface area contributed by atoms with Gasteiger partial charge in [0.15, 0.2) is 5.69 Å². The lowest BCUT2D eigenvalue weighted by Gasteiger charge is -2.11. The minimum atomic E-state index is -1.08. The molecule has 9 heteroatoms. The average molecular weight is 297 g/mol. The van der Waals surface area contributed by atoms with Gasteiger partial charge in [-0.2, -0.15) is 0 Å². The molecule has 1 aromatic rings. The number of nitrogens with zero attached hydrogens (tertiary/aromatic N) is 3. The van der Waals surface area contributed by atoms with Gasteiger partial charge in [-0.3, -0.25) is 14.4 Å². The summed E-state index contributed by atoms with van der Waals surface area (Å²) >= 11 is 0. The maximum atomic E-state index is 11.7. The monoisotopic (exact) mass is 297 g/mol. The molecule has 0 bridgehead atoms. The summed E-state index contributed by atoms with van der Waals surface area (Å²) in [5, 5.41) is 21.0. The van der Waals surface area contributed by atoms with Crippen molar-refractivity contribution in [2.24, 2.45) is 0 Å². The molecule has 1 rings (SSSR count). The molecule has 0 saturated heterocycles. The van der Waals surface area contributed by atoms with E-state index in [2.05, 4.69) is 20.9 Å². The van der Waals surface area contributed by atoms with Gasteiger partial charge in [-0.05, 0) is 13.3 Å². The average Bonchev–Trinajstić information content (AvgIpc) is 2.86. The number of aromatic nitrogens is 3. The lowest BCUT2D eigenvalue weighted by molar-refractivity contribution is -0.138. The van der Waals surface area contributed by atoms with Crippen molar-refractivity contribution in [3.63, 3.8) is 0 Å². The van der Waals surface area contributed by atoms with Gasteiger partial charge < -0.3 is 15.7 Å². The Kier molecular flexibility index (Phi) is 6.31. The Morgan fingerprint density at radius 3 is 2.76 bits per heavy atom. The van der Waals surface area contributed by atoms with E-state index in [1.165, 1.54) is 6.20 Å². The highest BCUT2D eigenvalue weighted by molar-refractivity contribution is 5.92. The standard InChI is InChI=1S/C12H19N5O4/c1-3-8(2)14-10(18)4-5-13-12(21)9-6-17(16-15-9)7-11(19)20/h6,8H,3-5,7H2,1-2H3,(H,13,21)(H,14,18)(H,19,20). The number of rotatable bonds is 8. The van der Waals surface area contributed by atoms with Crippen LogP contribution in [0.15, 0.2) is 6.20 Å². The van der Waals surface area contributed by atoms with E-state index >= 15 is 0 Å². The molecule has 0 saturated carbocycles. The summed E-state index contributed by atoms with van der Waals surface area (Å²) in [6.07, 6.45) is 2.24. The number of amides is 2. The summed E-state index contributed by atoms with van der Waals surface area (Å²) in [6, 6.07) is 0.101. The molecule has 3 N–H and O–H groups in total. The van der Waals surface area contributed by atoms with Crippen LogP contribution in [0.5, 0.6) is 0 Å². The quantitative estimate of drug-likeness (QED) is 0.588. The zero-order valence-electron chi connectivity index (χ0n) is 12.0. The molecule has 1 aromatic heterocycles. The number of aliphatic carboxylic acids is 1. The minimum absolute atomic E-state index is 0.0126. The molecule has 0 fully saturated rings. The molecular formula is C12H19N5O4. The molecule has 9 nitrogen and oxygen atoms in total. The van der Waals surface area contributed by atoms with Crippen LogP contribution in [0.4, 0.5) is 0 Å². The maximum absolute atomic E-state index is 11.7. The molecule has 0 aliphatic carbocycles. The summed E-state index contributed by atoms with van der Waals surface area (Å²) in [5.41, 5.74) is 0.0126. The number of carboxylic acid groups (broad SMARTS) is 1. The number of nitrogens with one attached hydrogen (secondary N) is 2. The third-order valence-electron chi connectivity index (χ3n) is 2.73. The number of carbonyl (C=O) groups excluding carboxylic acids is 2. The fraction of sp³-hybridized carbons (Fsp3) is 0.583. The predicted molar refractivity (Wildman–Crippen MR) is 72.5 cm³/mol. The second kappa shape index (κ2) is 7.98. The fourth-order valence-corrected chi connectivity index (χ4v) is 1.45. The Morgan fingerprint density at radius 1 is 1.43 bits per heavy atom. The number of carbonyl (C=O) groups is 3. The van der Waals surface area contributed by atoms with Gasteiger partial charge in [0.05, 0.1) is 6.20 Å². The first kappa shape index (κ1) is 16.6. The summed E-state index contributed by atoms with van der Waals surface area (Å²) in [7, 11) is 0. The van der Waals surface area contributed by atoms with Crippen LogP contribution in [0.2, 0.25) is 0 Å². The van der Waals surface area contributed by atoms with Crippen LogP contribution in [-0.4, -0.2) is 50.5 Å². The van der Waals surface area contributed by atoms with Gasteiger partial charge in [-0.25, -0.2) is 4.68 Å². The SMILES string of the molecule is CCC(C)NC(=O)CCNC(=O)c1cn(CC(=O)O)nn1. The Morgan fingerprint density at radius 2 is 2.14 bits per heavy atom. The Balaban J connectivity index is 2.35. The molecule has 116 valence electrons. The van der Waals surface area contributed by atoms with Crippen molar-refractivity contribution < 1.29 is 19.5 Å². The van der Waals surface area contributed by atoms with Crippen LogP contribution in [0.3, 0.4) is 0 Å². The molecule has 1 heterocycles. The van der Waals surface area contributed by atoms with Gasteiger partial charge in [0.1, 0.15) is 6.54 Å². The second-order valence-corrected chi connectivity index (χ2v) is 4.58. The van der Waals surface area contributed by atoms with Crippen molar-refractivity contribution in [2.45, 2.75) is 39.3 Å². The van der Waals surface area contributed by atoms with Crippen LogP contribution < -0.4 is 10.6 Å². The van der Waals surface area contributed by atoms with Crippen LogP contribution in [0.25, 0.3) is 0 Å². The normalized spacial score (nSPS) is 11.7. The highest BCUT2D eigenvalue weighted by Gasteiger charge is 2.12. The van der Waals surface area contributed by atoms with Crippen LogP contribution in [0.1, 0.15) is 37.2 Å². The first-order valence-corrected chi connectivity index (χ1v) is 6.61. The van der Waals surface area contributed by atoms with Crippen molar-refractivity contribution in [2.75, 3.05) is 6.54 Å². The summed E-state index contributed by atoms with van der Waals surface area (Å²) in [4.78, 5) is 33.7. The predicted octanol–water partition coefficient (Wildman–Crippen LogP) is -0.603. The van der Waals surface area contributed by atoms with Crippen molar-refractivity contribution in [1.29, 1.82) is 0 Å². The molecule has 2 amide bonds. The van der Waals surface area contributed by atoms with E-state index in [1.807, 2.05) is 13.8 Å². The largest absolute Gasteiger partial charge is 0.480 e. The van der Waals surface area contributed by atoms with E-state index in [0.717, 1.165) is 11.1 Å². The van der Waals surface area contributed by atoms with E-state index in [0.29, 0.717) is 0 Å². The van der Waals surface area contributed by atoms with Crippen molar-refractivity contribution in [1.82, 2.24) is 25.6 Å². The van der Waals surface area contributed by atoms with E-state index < -0.39 is 11.9 Å². The van der Waals surface area contributed by atoms with Gasteiger partial charge in [-0.1, -0.05) is 12.1 Å². The van der Waals surface area contributed by atoms with E-state index in [4.69, 9.17) is 5.11 Å². The lowest BCUT2D eigenvalue weighted by Crippen LogP contribution is -2.35. The molecule has 0 aromatic carbocycles. The van der Waals surface area contributed by atoms with Gasteiger partial charge in [0.25, 0.3) is 5.91 Å². The summed E-state index contributed by atoms with van der Waals surface area (Å²) in [6.45, 7) is 3.68. The number of carboxylic acids is 1. The molecule has 0 radical (unpaired) electrons. The molecule has 0 spiro atoms. The fourth-order valence-electron chi connectivity index (χ4n) is 1.45. The molecular weight excluding hydrogens is 278 g/mol. The summed E-state index contributed by atoms with van der Waals surface area (Å²) in [5.74, 6) is -1.71. The molecule has 0 aliphatic rings. The second-order valence-electron chi connectivity index (χ2n) is 4.58. The first-order chi connectivity index (χ1) is 9.92. The maximum Gasteiger partial charge on any atom is 0.325 e. The number of hydrogen-bond donors (Lipinski definition) is 3. The summed E-state index contributed by atoms with van der Waals surface area (Å²) < 4.78 is 1.05. The van der Waals surface area contributed by atoms with Crippen molar-refractivity contribution in [3.05, 3.63) is 11.9 Å². The van der Waals surface area contributed by atoms with Crippen LogP contribution in [0, 0.1) is 0 Å². The zero-order valence-corrected chi connectivity index (χ0v) is 12.0. The molecule has 1 atom stereocenters. The smallest absolute Gasteiger partial charge is 0.325 e. The topological polar surface area (TPSA) is 126 Å². The van der Waals surface area contributed by atoms with E-state index in [1.54, 1.807) is 0 Å². The molecule has 0 aliphatic heterocycles. The minimum Gasteiger partial charge on any atom is -0.480 e. The van der Waals surface area contributed by atoms with Gasteiger partial charge in [0.2, 0.25) is 5.91 Å². The number of hydrogen-bond acceptors (Lipinski definition) is 5. The zero-order chi connectivity index (χ0) is 15.8. The third-order valence-corrected chi connectivity index (χ3v) is 2.73. The Labute approximate surface area is 121 Å². The van der Waals surface area contributed by atoms with Gasteiger partial charge in [0, 0.05) is 19.0 Å². The Hall–Kier alpha value is -2.45. The van der Waals surface area contributed by atoms with Crippen LogP contribution >= 0.6 is 0 Å². The van der Waals surface area contributed by atoms with Crippen molar-refractivity contribution >= 4 is 17.8 Å². The van der Waals surface area contributed by atoms with Crippen molar-refractivity contribution in [3.8, 4) is 0 Å². The van der Waals surface area contributed by atoms with Crippen LogP contribution in [-0.2, 0) is 16.1 Å².